The van der Waals surface area contributed by atoms with Gasteiger partial charge < -0.3 is 10.4 Å². The van der Waals surface area contributed by atoms with Gasteiger partial charge in [0.05, 0.1) is 6.10 Å². The van der Waals surface area contributed by atoms with E-state index in [9.17, 15) is 4.79 Å². The lowest BCUT2D eigenvalue weighted by Crippen LogP contribution is -2.28. The normalized spacial score (nSPS) is 12.9. The van der Waals surface area contributed by atoms with Gasteiger partial charge >= 0.3 is 0 Å². The predicted molar refractivity (Wildman–Crippen MR) is 74.3 cm³/mol. The van der Waals surface area contributed by atoms with Crippen molar-refractivity contribution in [2.24, 2.45) is 0 Å². The molecule has 18 heavy (non-hydrogen) atoms. The Hall–Kier alpha value is -1.61. The molecule has 2 N–H and O–H groups in total. The molecule has 0 aliphatic rings. The molecule has 0 radical (unpaired) electrons. The second kappa shape index (κ2) is 6.97. The Balaban J connectivity index is 2.53. The molecule has 0 unspecified atom stereocenters. The van der Waals surface area contributed by atoms with Crippen molar-refractivity contribution < 1.29 is 9.90 Å². The summed E-state index contributed by atoms with van der Waals surface area (Å²) in [7, 11) is 0. The van der Waals surface area contributed by atoms with Crippen molar-refractivity contribution >= 4 is 12.0 Å². The number of aliphatic hydroxyl groups excluding tert-OH is 1. The van der Waals surface area contributed by atoms with E-state index < -0.39 is 6.10 Å². The van der Waals surface area contributed by atoms with Crippen LogP contribution in [0.15, 0.2) is 30.3 Å². The van der Waals surface area contributed by atoms with Crippen molar-refractivity contribution in [1.29, 1.82) is 0 Å². The first-order valence-corrected chi connectivity index (χ1v) is 6.23. The van der Waals surface area contributed by atoms with E-state index in [1.807, 2.05) is 12.1 Å². The van der Waals surface area contributed by atoms with E-state index >= 15 is 0 Å². The largest absolute Gasteiger partial charge is 0.392 e. The molecule has 0 heterocycles. The molecular formula is C15H21NO2. The summed E-state index contributed by atoms with van der Waals surface area (Å²) in [5.74, 6) is 0.321. The molecule has 0 saturated heterocycles. The second-order valence-corrected chi connectivity index (χ2v) is 4.75. The number of amides is 1. The number of carbonyl (C=O) groups is 1. The van der Waals surface area contributed by atoms with Gasteiger partial charge in [-0.3, -0.25) is 4.79 Å². The summed E-state index contributed by atoms with van der Waals surface area (Å²) in [6.07, 6.45) is 2.72. The molecule has 0 spiro atoms. The van der Waals surface area contributed by atoms with Crippen LogP contribution in [0.1, 0.15) is 37.8 Å². The molecule has 1 rings (SSSR count). The number of hydrogen-bond acceptors (Lipinski definition) is 2. The Morgan fingerprint density at radius 3 is 2.39 bits per heavy atom. The number of hydrogen-bond donors (Lipinski definition) is 2. The molecule has 98 valence electrons. The number of nitrogens with one attached hydrogen (secondary N) is 1. The molecule has 1 atom stereocenters. The Morgan fingerprint density at radius 1 is 1.28 bits per heavy atom. The van der Waals surface area contributed by atoms with Crippen molar-refractivity contribution in [3.8, 4) is 0 Å². The highest BCUT2D eigenvalue weighted by atomic mass is 16.3. The first kappa shape index (κ1) is 14.5. The average molecular weight is 247 g/mol. The monoisotopic (exact) mass is 247 g/mol. The standard InChI is InChI=1S/C15H21NO2/c1-11(2)14-7-4-13(5-8-14)6-9-15(18)16-10-12(3)17/h4-9,11-12,17H,10H2,1-3H3,(H,16,18)/b9-6+/t12-/m0/s1. The number of carbonyl (C=O) groups excluding carboxylic acids is 1. The van der Waals surface area contributed by atoms with Crippen molar-refractivity contribution in [2.45, 2.75) is 32.8 Å². The van der Waals surface area contributed by atoms with Crippen LogP contribution in [0.4, 0.5) is 0 Å². The van der Waals surface area contributed by atoms with Crippen LogP contribution in [-0.2, 0) is 4.79 Å². The first-order chi connectivity index (χ1) is 8.49. The maximum atomic E-state index is 11.4. The third-order valence-electron chi connectivity index (χ3n) is 2.60. The van der Waals surface area contributed by atoms with E-state index in [1.165, 1.54) is 11.6 Å². The van der Waals surface area contributed by atoms with Gasteiger partial charge in [-0.1, -0.05) is 38.1 Å². The number of aliphatic hydroxyl groups is 1. The molecule has 0 fully saturated rings. The number of rotatable bonds is 5. The smallest absolute Gasteiger partial charge is 0.244 e. The molecular weight excluding hydrogens is 226 g/mol. The Morgan fingerprint density at radius 2 is 1.89 bits per heavy atom. The van der Waals surface area contributed by atoms with Crippen molar-refractivity contribution in [3.63, 3.8) is 0 Å². The summed E-state index contributed by atoms with van der Waals surface area (Å²) in [6, 6.07) is 8.12. The Bertz CT molecular complexity index is 405. The summed E-state index contributed by atoms with van der Waals surface area (Å²) in [5.41, 5.74) is 2.28. The summed E-state index contributed by atoms with van der Waals surface area (Å²) in [6.45, 7) is 6.20. The van der Waals surface area contributed by atoms with Gasteiger partial charge in [0.1, 0.15) is 0 Å². The number of benzene rings is 1. The maximum Gasteiger partial charge on any atom is 0.244 e. The topological polar surface area (TPSA) is 49.3 Å². The van der Waals surface area contributed by atoms with Gasteiger partial charge in [-0.2, -0.15) is 0 Å². The van der Waals surface area contributed by atoms with Crippen molar-refractivity contribution in [3.05, 3.63) is 41.5 Å². The fraction of sp³-hybridized carbons (Fsp3) is 0.400. The molecule has 1 aromatic rings. The van der Waals surface area contributed by atoms with Crippen LogP contribution in [0, 0.1) is 0 Å². The van der Waals surface area contributed by atoms with Crippen LogP contribution in [0.3, 0.4) is 0 Å². The SMILES string of the molecule is CC(C)c1ccc(/C=C/C(=O)NC[C@H](C)O)cc1. The molecule has 0 aromatic heterocycles. The zero-order valence-electron chi connectivity index (χ0n) is 11.2. The fourth-order valence-corrected chi connectivity index (χ4v) is 1.47. The maximum absolute atomic E-state index is 11.4. The third kappa shape index (κ3) is 5.15. The van der Waals surface area contributed by atoms with Crippen LogP contribution in [0.25, 0.3) is 6.08 Å². The lowest BCUT2D eigenvalue weighted by molar-refractivity contribution is -0.116. The van der Waals surface area contributed by atoms with Gasteiger partial charge in [0.15, 0.2) is 0 Å². The van der Waals surface area contributed by atoms with E-state index in [4.69, 9.17) is 5.11 Å². The van der Waals surface area contributed by atoms with Crippen LogP contribution < -0.4 is 5.32 Å². The van der Waals surface area contributed by atoms with Crippen LogP contribution >= 0.6 is 0 Å². The molecule has 3 heteroatoms. The van der Waals surface area contributed by atoms with Gasteiger partial charge in [-0.15, -0.1) is 0 Å². The van der Waals surface area contributed by atoms with Crippen LogP contribution in [0.5, 0.6) is 0 Å². The fourth-order valence-electron chi connectivity index (χ4n) is 1.47. The lowest BCUT2D eigenvalue weighted by Gasteiger charge is -2.05. The molecule has 0 saturated carbocycles. The highest BCUT2D eigenvalue weighted by Crippen LogP contribution is 2.15. The average Bonchev–Trinajstić information content (AvgIpc) is 2.34. The van der Waals surface area contributed by atoms with Gasteiger partial charge in [0.25, 0.3) is 0 Å². The summed E-state index contributed by atoms with van der Waals surface area (Å²) >= 11 is 0. The lowest BCUT2D eigenvalue weighted by atomic mass is 10.0. The molecule has 3 nitrogen and oxygen atoms in total. The van der Waals surface area contributed by atoms with Gasteiger partial charge in [-0.25, -0.2) is 0 Å². The van der Waals surface area contributed by atoms with Gasteiger partial charge in [0, 0.05) is 12.6 Å². The molecule has 1 amide bonds. The van der Waals surface area contributed by atoms with E-state index in [-0.39, 0.29) is 12.5 Å². The molecule has 0 aliphatic carbocycles. The van der Waals surface area contributed by atoms with Gasteiger partial charge in [-0.05, 0) is 30.0 Å². The summed E-state index contributed by atoms with van der Waals surface area (Å²) in [4.78, 5) is 11.4. The Kier molecular flexibility index (Phi) is 5.59. The summed E-state index contributed by atoms with van der Waals surface area (Å²) in [5, 5.41) is 11.6. The minimum absolute atomic E-state index is 0.191. The van der Waals surface area contributed by atoms with E-state index in [0.717, 1.165) is 5.56 Å². The minimum Gasteiger partial charge on any atom is -0.392 e. The highest BCUT2D eigenvalue weighted by Gasteiger charge is 1.99. The van der Waals surface area contributed by atoms with Gasteiger partial charge in [0.2, 0.25) is 5.91 Å². The van der Waals surface area contributed by atoms with E-state index in [0.29, 0.717) is 5.92 Å². The first-order valence-electron chi connectivity index (χ1n) is 6.23. The second-order valence-electron chi connectivity index (χ2n) is 4.75. The van der Waals surface area contributed by atoms with E-state index in [2.05, 4.69) is 31.3 Å². The van der Waals surface area contributed by atoms with Crippen LogP contribution in [-0.4, -0.2) is 23.7 Å². The molecule has 1 aromatic carbocycles. The minimum atomic E-state index is -0.521. The Labute approximate surface area is 109 Å². The third-order valence-corrected chi connectivity index (χ3v) is 2.60. The molecule has 0 bridgehead atoms. The van der Waals surface area contributed by atoms with Crippen molar-refractivity contribution in [2.75, 3.05) is 6.54 Å². The van der Waals surface area contributed by atoms with Crippen LogP contribution in [0.2, 0.25) is 0 Å². The van der Waals surface area contributed by atoms with E-state index in [1.54, 1.807) is 13.0 Å². The summed E-state index contributed by atoms with van der Waals surface area (Å²) < 4.78 is 0. The van der Waals surface area contributed by atoms with Crippen molar-refractivity contribution in [1.82, 2.24) is 5.32 Å². The quantitative estimate of drug-likeness (QED) is 0.784. The zero-order valence-corrected chi connectivity index (χ0v) is 11.2. The predicted octanol–water partition coefficient (Wildman–Crippen LogP) is 2.32. The highest BCUT2D eigenvalue weighted by molar-refractivity contribution is 5.91. The molecule has 0 aliphatic heterocycles. The zero-order chi connectivity index (χ0) is 13.5.